The summed E-state index contributed by atoms with van der Waals surface area (Å²) in [7, 11) is 0. The van der Waals surface area contributed by atoms with Crippen molar-refractivity contribution in [2.24, 2.45) is 11.8 Å². The minimum absolute atomic E-state index is 0.0102. The number of pyridine rings is 1. The average Bonchev–Trinajstić information content (AvgIpc) is 3.13. The van der Waals surface area contributed by atoms with Crippen LogP contribution in [0, 0.1) is 11.8 Å². The molecule has 1 aromatic rings. The van der Waals surface area contributed by atoms with Crippen LogP contribution in [0.1, 0.15) is 37.8 Å². The number of rotatable bonds is 3. The Morgan fingerprint density at radius 3 is 3.24 bits per heavy atom. The molecule has 4 nitrogen and oxygen atoms in total. The molecular formula is C17H19N3O. The van der Waals surface area contributed by atoms with Gasteiger partial charge in [0.1, 0.15) is 5.82 Å². The number of carbonyl (C=O) groups excluding carboxylic acids is 1. The normalized spacial score (nSPS) is 28.7. The van der Waals surface area contributed by atoms with Gasteiger partial charge in [-0.2, -0.15) is 0 Å². The molecule has 4 heteroatoms. The molecule has 1 aliphatic heterocycles. The van der Waals surface area contributed by atoms with E-state index in [1.165, 1.54) is 17.7 Å². The van der Waals surface area contributed by atoms with Gasteiger partial charge in [0.2, 0.25) is 5.91 Å². The molecule has 1 fully saturated rings. The van der Waals surface area contributed by atoms with Crippen molar-refractivity contribution in [2.45, 2.75) is 32.2 Å². The number of hydrogen-bond acceptors (Lipinski definition) is 3. The molecule has 108 valence electrons. The summed E-state index contributed by atoms with van der Waals surface area (Å²) in [6.07, 6.45) is 9.18. The Labute approximate surface area is 124 Å². The van der Waals surface area contributed by atoms with Crippen LogP contribution in [-0.4, -0.2) is 10.9 Å². The van der Waals surface area contributed by atoms with E-state index in [0.717, 1.165) is 17.9 Å². The second-order valence-electron chi connectivity index (χ2n) is 6.08. The highest BCUT2D eigenvalue weighted by Crippen LogP contribution is 2.49. The summed E-state index contributed by atoms with van der Waals surface area (Å²) in [6.45, 7) is 1.85. The minimum Gasteiger partial charge on any atom is -0.381 e. The molecule has 0 radical (unpaired) electrons. The lowest BCUT2D eigenvalue weighted by atomic mass is 9.89. The molecule has 21 heavy (non-hydrogen) atoms. The highest BCUT2D eigenvalue weighted by molar-refractivity contribution is 5.90. The maximum atomic E-state index is 11.7. The van der Waals surface area contributed by atoms with E-state index in [0.29, 0.717) is 18.2 Å². The van der Waals surface area contributed by atoms with Crippen LogP contribution in [0.15, 0.2) is 41.8 Å². The summed E-state index contributed by atoms with van der Waals surface area (Å²) >= 11 is 0. The van der Waals surface area contributed by atoms with Gasteiger partial charge in [-0.15, -0.1) is 0 Å². The van der Waals surface area contributed by atoms with Crippen molar-refractivity contribution in [1.82, 2.24) is 10.3 Å². The molecule has 3 atom stereocenters. The van der Waals surface area contributed by atoms with Crippen LogP contribution in [0.25, 0.3) is 0 Å². The molecule has 3 aliphatic rings. The third kappa shape index (κ3) is 2.24. The number of anilines is 1. The first kappa shape index (κ1) is 12.6. The molecule has 2 aliphatic carbocycles. The fraction of sp³-hybridized carbons (Fsp3) is 0.412. The van der Waals surface area contributed by atoms with Gasteiger partial charge in [-0.1, -0.05) is 19.1 Å². The van der Waals surface area contributed by atoms with E-state index in [4.69, 9.17) is 0 Å². The number of allylic oxidation sites excluding steroid dienone is 4. The predicted octanol–water partition coefficient (Wildman–Crippen LogP) is 2.92. The SMILES string of the molecule is CCC(=O)Nc1ncccc1C1CC2CC3C=C3C=C2N1. The first-order valence-corrected chi connectivity index (χ1v) is 7.69. The number of aromatic nitrogens is 1. The van der Waals surface area contributed by atoms with Gasteiger partial charge in [0, 0.05) is 35.7 Å². The van der Waals surface area contributed by atoms with E-state index < -0.39 is 0 Å². The number of amides is 1. The monoisotopic (exact) mass is 281 g/mol. The summed E-state index contributed by atoms with van der Waals surface area (Å²) in [5, 5.41) is 6.54. The van der Waals surface area contributed by atoms with Gasteiger partial charge >= 0.3 is 0 Å². The lowest BCUT2D eigenvalue weighted by Crippen LogP contribution is -2.18. The van der Waals surface area contributed by atoms with Gasteiger partial charge in [-0.25, -0.2) is 4.98 Å². The molecule has 4 rings (SSSR count). The molecule has 0 bridgehead atoms. The van der Waals surface area contributed by atoms with Gasteiger partial charge in [0.25, 0.3) is 0 Å². The van der Waals surface area contributed by atoms with E-state index >= 15 is 0 Å². The molecular weight excluding hydrogens is 262 g/mol. The fourth-order valence-electron chi connectivity index (χ4n) is 3.43. The summed E-state index contributed by atoms with van der Waals surface area (Å²) < 4.78 is 0. The van der Waals surface area contributed by atoms with Crippen molar-refractivity contribution in [3.05, 3.63) is 47.3 Å². The second-order valence-corrected chi connectivity index (χ2v) is 6.08. The fourth-order valence-corrected chi connectivity index (χ4v) is 3.43. The number of fused-ring (bicyclic) bond motifs is 2. The Balaban J connectivity index is 1.58. The van der Waals surface area contributed by atoms with E-state index in [1.54, 1.807) is 6.20 Å². The highest BCUT2D eigenvalue weighted by Gasteiger charge is 2.39. The van der Waals surface area contributed by atoms with Crippen LogP contribution in [0.5, 0.6) is 0 Å². The van der Waals surface area contributed by atoms with Gasteiger partial charge in [0.15, 0.2) is 0 Å². The van der Waals surface area contributed by atoms with Crippen molar-refractivity contribution in [3.63, 3.8) is 0 Å². The Morgan fingerprint density at radius 1 is 1.48 bits per heavy atom. The molecule has 2 N–H and O–H groups in total. The Hall–Kier alpha value is -2.10. The van der Waals surface area contributed by atoms with E-state index in [1.807, 2.05) is 13.0 Å². The molecule has 1 aromatic heterocycles. The van der Waals surface area contributed by atoms with Crippen molar-refractivity contribution >= 4 is 11.7 Å². The van der Waals surface area contributed by atoms with Crippen LogP contribution in [0.3, 0.4) is 0 Å². The number of nitrogens with zero attached hydrogens (tertiary/aromatic N) is 1. The van der Waals surface area contributed by atoms with Gasteiger partial charge in [0.05, 0.1) is 6.04 Å². The smallest absolute Gasteiger partial charge is 0.225 e. The summed E-state index contributed by atoms with van der Waals surface area (Å²) in [5.41, 5.74) is 3.94. The van der Waals surface area contributed by atoms with Crippen molar-refractivity contribution in [1.29, 1.82) is 0 Å². The molecule has 0 spiro atoms. The summed E-state index contributed by atoms with van der Waals surface area (Å²) in [4.78, 5) is 16.0. The average molecular weight is 281 g/mol. The Morgan fingerprint density at radius 2 is 2.38 bits per heavy atom. The summed E-state index contributed by atoms with van der Waals surface area (Å²) in [6, 6.07) is 4.25. The molecule has 3 unspecified atom stereocenters. The molecule has 0 aromatic carbocycles. The van der Waals surface area contributed by atoms with Crippen LogP contribution in [0.2, 0.25) is 0 Å². The molecule has 0 saturated carbocycles. The van der Waals surface area contributed by atoms with Crippen LogP contribution in [-0.2, 0) is 4.79 Å². The zero-order valence-electron chi connectivity index (χ0n) is 12.1. The first-order valence-electron chi connectivity index (χ1n) is 7.69. The third-order valence-electron chi connectivity index (χ3n) is 4.67. The summed E-state index contributed by atoms with van der Waals surface area (Å²) in [5.74, 6) is 2.06. The number of nitrogens with one attached hydrogen (secondary N) is 2. The van der Waals surface area contributed by atoms with Gasteiger partial charge < -0.3 is 10.6 Å². The lowest BCUT2D eigenvalue weighted by Gasteiger charge is -2.16. The third-order valence-corrected chi connectivity index (χ3v) is 4.67. The van der Waals surface area contributed by atoms with Crippen LogP contribution < -0.4 is 10.6 Å². The van der Waals surface area contributed by atoms with Gasteiger partial charge in [-0.05, 0) is 30.6 Å². The highest BCUT2D eigenvalue weighted by atomic mass is 16.1. The van der Waals surface area contributed by atoms with Crippen LogP contribution >= 0.6 is 0 Å². The predicted molar refractivity (Wildman–Crippen MR) is 81.4 cm³/mol. The van der Waals surface area contributed by atoms with E-state index in [2.05, 4.69) is 33.8 Å². The molecule has 1 amide bonds. The van der Waals surface area contributed by atoms with Crippen LogP contribution in [0.4, 0.5) is 5.82 Å². The quantitative estimate of drug-likeness (QED) is 0.895. The van der Waals surface area contributed by atoms with E-state index in [9.17, 15) is 4.79 Å². The van der Waals surface area contributed by atoms with Gasteiger partial charge in [-0.3, -0.25) is 4.79 Å². The van der Waals surface area contributed by atoms with E-state index in [-0.39, 0.29) is 11.9 Å². The maximum absolute atomic E-state index is 11.7. The maximum Gasteiger partial charge on any atom is 0.225 e. The first-order chi connectivity index (χ1) is 10.2. The minimum atomic E-state index is 0.0102. The van der Waals surface area contributed by atoms with Crippen molar-refractivity contribution < 1.29 is 4.79 Å². The molecule has 1 saturated heterocycles. The second kappa shape index (κ2) is 4.72. The number of hydrogen-bond donors (Lipinski definition) is 2. The van der Waals surface area contributed by atoms with Crippen molar-refractivity contribution in [2.75, 3.05) is 5.32 Å². The molecule has 2 heterocycles. The largest absolute Gasteiger partial charge is 0.381 e. The topological polar surface area (TPSA) is 54.0 Å². The standard InChI is InChI=1S/C17H19N3O/c1-2-16(21)20-17-13(4-3-5-18-17)15-9-12-7-10-6-11(10)8-14(12)19-15/h3-6,8,10,12,15,19H,2,7,9H2,1H3,(H,18,20,21). The lowest BCUT2D eigenvalue weighted by molar-refractivity contribution is -0.115. The number of carbonyl (C=O) groups is 1. The zero-order chi connectivity index (χ0) is 14.4. The van der Waals surface area contributed by atoms with Crippen molar-refractivity contribution in [3.8, 4) is 0 Å². The Bertz CT molecular complexity index is 662. The zero-order valence-corrected chi connectivity index (χ0v) is 12.1. The Kier molecular flexibility index (Phi) is 2.84.